The van der Waals surface area contributed by atoms with Crippen LogP contribution in [-0.2, 0) is 0 Å². The molecule has 0 N–H and O–H groups in total. The third kappa shape index (κ3) is 4.69. The molecule has 0 aliphatic heterocycles. The second-order valence-corrected chi connectivity index (χ2v) is 8.02. The highest BCUT2D eigenvalue weighted by atomic mass is 16.5. The molecule has 0 bridgehead atoms. The molecule has 0 saturated heterocycles. The van der Waals surface area contributed by atoms with Crippen molar-refractivity contribution in [2.45, 2.75) is 71.1 Å². The van der Waals surface area contributed by atoms with E-state index in [0.29, 0.717) is 0 Å². The summed E-state index contributed by atoms with van der Waals surface area (Å²) in [5.41, 5.74) is 5.41. The quantitative estimate of drug-likeness (QED) is 0.469. The van der Waals surface area contributed by atoms with Crippen LogP contribution in [0.3, 0.4) is 0 Å². The van der Waals surface area contributed by atoms with Crippen LogP contribution in [0.4, 0.5) is 0 Å². The molecule has 26 heavy (non-hydrogen) atoms. The van der Waals surface area contributed by atoms with E-state index in [4.69, 9.17) is 4.74 Å². The van der Waals surface area contributed by atoms with E-state index in [-0.39, 0.29) is 0 Å². The lowest BCUT2D eigenvalue weighted by molar-refractivity contribution is 0.303. The van der Waals surface area contributed by atoms with Gasteiger partial charge in [0.25, 0.3) is 0 Å². The summed E-state index contributed by atoms with van der Waals surface area (Å²) in [6.45, 7) is 4.46. The summed E-state index contributed by atoms with van der Waals surface area (Å²) in [7, 11) is 1.72. The third-order valence-electron chi connectivity index (χ3n) is 6.19. The monoisotopic (exact) mass is 350 g/mol. The van der Waals surface area contributed by atoms with Gasteiger partial charge in [-0.05, 0) is 78.8 Å². The van der Waals surface area contributed by atoms with Crippen molar-refractivity contribution >= 4 is 0 Å². The summed E-state index contributed by atoms with van der Waals surface area (Å²) in [6, 6.07) is 15.7. The molecule has 0 radical (unpaired) electrons. The molecular formula is C25H34O. The van der Waals surface area contributed by atoms with Crippen LogP contribution in [0.1, 0.15) is 75.3 Å². The van der Waals surface area contributed by atoms with E-state index < -0.39 is 0 Å². The third-order valence-corrected chi connectivity index (χ3v) is 6.19. The van der Waals surface area contributed by atoms with Crippen LogP contribution in [0, 0.1) is 12.8 Å². The van der Waals surface area contributed by atoms with Crippen LogP contribution in [-0.4, -0.2) is 7.11 Å². The molecule has 0 atom stereocenters. The van der Waals surface area contributed by atoms with Gasteiger partial charge < -0.3 is 4.74 Å². The van der Waals surface area contributed by atoms with E-state index in [2.05, 4.69) is 56.3 Å². The minimum absolute atomic E-state index is 0.767. The van der Waals surface area contributed by atoms with Crippen LogP contribution in [0.5, 0.6) is 5.75 Å². The molecule has 1 nitrogen and oxygen atoms in total. The zero-order valence-electron chi connectivity index (χ0n) is 16.8. The molecule has 3 rings (SSSR count). The van der Waals surface area contributed by atoms with Gasteiger partial charge in [-0.3, -0.25) is 0 Å². The molecule has 1 aliphatic carbocycles. The lowest BCUT2D eigenvalue weighted by Crippen LogP contribution is -2.13. The first-order chi connectivity index (χ1) is 12.7. The van der Waals surface area contributed by atoms with Crippen molar-refractivity contribution in [3.05, 3.63) is 53.6 Å². The molecule has 2 aromatic carbocycles. The van der Waals surface area contributed by atoms with Crippen molar-refractivity contribution in [2.24, 2.45) is 5.92 Å². The first kappa shape index (κ1) is 19.0. The molecular weight excluding hydrogens is 316 g/mol. The fourth-order valence-electron chi connectivity index (χ4n) is 4.49. The lowest BCUT2D eigenvalue weighted by Gasteiger charge is -2.29. The van der Waals surface area contributed by atoms with E-state index in [9.17, 15) is 0 Å². The Labute approximate surface area is 159 Å². The van der Waals surface area contributed by atoms with Gasteiger partial charge in [-0.1, -0.05) is 62.9 Å². The number of hydrogen-bond donors (Lipinski definition) is 0. The smallest absolute Gasteiger partial charge is 0.119 e. The maximum atomic E-state index is 5.32. The SMILES string of the molecule is CCCCCC1CCC(c2ccc(-c3ccc(OC)cc3C)cc2)CC1. The summed E-state index contributed by atoms with van der Waals surface area (Å²) in [5, 5.41) is 0. The standard InChI is InChI=1S/C25H34O/c1-4-5-6-7-20-8-10-21(11-9-20)22-12-14-23(15-13-22)25-17-16-24(26-3)18-19(25)2/h12-18,20-21H,4-11H2,1-3H3. The normalized spacial score (nSPS) is 20.1. The maximum absolute atomic E-state index is 5.32. The second-order valence-electron chi connectivity index (χ2n) is 8.02. The fourth-order valence-corrected chi connectivity index (χ4v) is 4.49. The van der Waals surface area contributed by atoms with Crippen LogP contribution in [0.15, 0.2) is 42.5 Å². The van der Waals surface area contributed by atoms with Crippen LogP contribution in [0.2, 0.25) is 0 Å². The minimum Gasteiger partial charge on any atom is -0.497 e. The van der Waals surface area contributed by atoms with Crippen LogP contribution < -0.4 is 4.74 Å². The van der Waals surface area contributed by atoms with Gasteiger partial charge in [0.2, 0.25) is 0 Å². The predicted molar refractivity (Wildman–Crippen MR) is 112 cm³/mol. The van der Waals surface area contributed by atoms with Crippen molar-refractivity contribution in [1.82, 2.24) is 0 Å². The van der Waals surface area contributed by atoms with Crippen molar-refractivity contribution < 1.29 is 4.74 Å². The Kier molecular flexibility index (Phi) is 6.77. The average molecular weight is 351 g/mol. The summed E-state index contributed by atoms with van der Waals surface area (Å²) >= 11 is 0. The van der Waals surface area contributed by atoms with Crippen molar-refractivity contribution in [3.63, 3.8) is 0 Å². The van der Waals surface area contributed by atoms with Crippen LogP contribution in [0.25, 0.3) is 11.1 Å². The van der Waals surface area contributed by atoms with Gasteiger partial charge in [-0.15, -0.1) is 0 Å². The molecule has 1 heteroatoms. The topological polar surface area (TPSA) is 9.23 Å². The Bertz CT molecular complexity index is 678. The predicted octanol–water partition coefficient (Wildman–Crippen LogP) is 7.52. The zero-order chi connectivity index (χ0) is 18.4. The number of hydrogen-bond acceptors (Lipinski definition) is 1. The van der Waals surface area contributed by atoms with Crippen molar-refractivity contribution in [3.8, 4) is 16.9 Å². The highest BCUT2D eigenvalue weighted by Gasteiger charge is 2.22. The molecule has 1 aliphatic rings. The molecule has 0 aromatic heterocycles. The molecule has 140 valence electrons. The summed E-state index contributed by atoms with van der Waals surface area (Å²) in [6.07, 6.45) is 11.2. The second kappa shape index (κ2) is 9.26. The molecule has 1 fully saturated rings. The molecule has 0 heterocycles. The highest BCUT2D eigenvalue weighted by Crippen LogP contribution is 2.38. The minimum atomic E-state index is 0.767. The number of methoxy groups -OCH3 is 1. The maximum Gasteiger partial charge on any atom is 0.119 e. The van der Waals surface area contributed by atoms with Gasteiger partial charge in [0.1, 0.15) is 5.75 Å². The van der Waals surface area contributed by atoms with Gasteiger partial charge in [0.05, 0.1) is 7.11 Å². The lowest BCUT2D eigenvalue weighted by atomic mass is 9.77. The highest BCUT2D eigenvalue weighted by molar-refractivity contribution is 5.68. The molecule has 0 spiro atoms. The van der Waals surface area contributed by atoms with Gasteiger partial charge in [0, 0.05) is 0 Å². The Balaban J connectivity index is 1.60. The van der Waals surface area contributed by atoms with E-state index in [0.717, 1.165) is 17.6 Å². The Hall–Kier alpha value is -1.76. The number of ether oxygens (including phenoxy) is 1. The summed E-state index contributed by atoms with van der Waals surface area (Å²) < 4.78 is 5.32. The van der Waals surface area contributed by atoms with E-state index in [1.807, 2.05) is 0 Å². The number of rotatable bonds is 7. The number of aryl methyl sites for hydroxylation is 1. The Morgan fingerprint density at radius 1 is 0.923 bits per heavy atom. The first-order valence-corrected chi connectivity index (χ1v) is 10.5. The number of unbranched alkanes of at least 4 members (excludes halogenated alkanes) is 2. The summed E-state index contributed by atoms with van der Waals surface area (Å²) in [5.74, 6) is 2.68. The van der Waals surface area contributed by atoms with Gasteiger partial charge in [0.15, 0.2) is 0 Å². The van der Waals surface area contributed by atoms with E-state index in [1.54, 1.807) is 7.11 Å². The Morgan fingerprint density at radius 3 is 2.27 bits per heavy atom. The van der Waals surface area contributed by atoms with Crippen molar-refractivity contribution in [1.29, 1.82) is 0 Å². The number of benzene rings is 2. The molecule has 0 unspecified atom stereocenters. The summed E-state index contributed by atoms with van der Waals surface area (Å²) in [4.78, 5) is 0. The van der Waals surface area contributed by atoms with E-state index in [1.165, 1.54) is 73.6 Å². The van der Waals surface area contributed by atoms with E-state index >= 15 is 0 Å². The van der Waals surface area contributed by atoms with Gasteiger partial charge in [-0.25, -0.2) is 0 Å². The van der Waals surface area contributed by atoms with Crippen LogP contribution >= 0.6 is 0 Å². The first-order valence-electron chi connectivity index (χ1n) is 10.5. The largest absolute Gasteiger partial charge is 0.497 e. The van der Waals surface area contributed by atoms with Gasteiger partial charge in [-0.2, -0.15) is 0 Å². The van der Waals surface area contributed by atoms with Gasteiger partial charge >= 0.3 is 0 Å². The zero-order valence-corrected chi connectivity index (χ0v) is 16.8. The molecule has 2 aromatic rings. The average Bonchev–Trinajstić information content (AvgIpc) is 2.69. The fraction of sp³-hybridized carbons (Fsp3) is 0.520. The molecule has 0 amide bonds. The van der Waals surface area contributed by atoms with Crippen molar-refractivity contribution in [2.75, 3.05) is 7.11 Å². The Morgan fingerprint density at radius 2 is 1.65 bits per heavy atom. The molecule has 1 saturated carbocycles.